The number of aromatic nitrogens is 2. The monoisotopic (exact) mass is 302 g/mol. The summed E-state index contributed by atoms with van der Waals surface area (Å²) >= 11 is 0. The van der Waals surface area contributed by atoms with Crippen LogP contribution in [0.3, 0.4) is 0 Å². The number of hydrogen-bond donors (Lipinski definition) is 1. The van der Waals surface area contributed by atoms with Crippen molar-refractivity contribution in [3.63, 3.8) is 0 Å². The van der Waals surface area contributed by atoms with E-state index in [9.17, 15) is 8.42 Å². The van der Waals surface area contributed by atoms with Gasteiger partial charge in [-0.3, -0.25) is 5.10 Å². The Morgan fingerprint density at radius 3 is 2.65 bits per heavy atom. The molecule has 1 atom stereocenters. The summed E-state index contributed by atoms with van der Waals surface area (Å²) in [6.45, 7) is 2.78. The van der Waals surface area contributed by atoms with Gasteiger partial charge in [0.2, 0.25) is 0 Å². The van der Waals surface area contributed by atoms with Crippen molar-refractivity contribution >= 4 is 10.2 Å². The number of rotatable bonds is 3. The number of ether oxygens (including phenoxy) is 2. The van der Waals surface area contributed by atoms with Crippen LogP contribution in [0.25, 0.3) is 0 Å². The van der Waals surface area contributed by atoms with Gasteiger partial charge in [-0.25, -0.2) is 0 Å². The second kappa shape index (κ2) is 5.78. The second-order valence-corrected chi connectivity index (χ2v) is 6.61. The molecular formula is C11H18N4O4S. The molecule has 0 aliphatic carbocycles. The minimum Gasteiger partial charge on any atom is -0.379 e. The molecule has 1 aromatic heterocycles. The predicted molar refractivity (Wildman–Crippen MR) is 70.2 cm³/mol. The zero-order valence-electron chi connectivity index (χ0n) is 11.1. The largest absolute Gasteiger partial charge is 0.379 e. The van der Waals surface area contributed by atoms with Crippen molar-refractivity contribution in [1.82, 2.24) is 18.8 Å². The first-order valence-corrected chi connectivity index (χ1v) is 8.01. The first-order valence-electron chi connectivity index (χ1n) is 6.61. The maximum Gasteiger partial charge on any atom is 0.282 e. The van der Waals surface area contributed by atoms with Crippen molar-refractivity contribution in [2.75, 3.05) is 46.1 Å². The van der Waals surface area contributed by atoms with E-state index in [0.29, 0.717) is 46.1 Å². The first kappa shape index (κ1) is 14.0. The molecule has 2 aliphatic heterocycles. The Labute approximate surface area is 117 Å². The summed E-state index contributed by atoms with van der Waals surface area (Å²) in [6.07, 6.45) is 1.61. The average molecular weight is 302 g/mol. The maximum atomic E-state index is 12.8. The molecule has 2 saturated heterocycles. The van der Waals surface area contributed by atoms with E-state index in [1.54, 1.807) is 12.3 Å². The summed E-state index contributed by atoms with van der Waals surface area (Å²) in [6, 6.07) is 1.43. The zero-order chi connectivity index (χ0) is 14.0. The average Bonchev–Trinajstić information content (AvgIpc) is 3.02. The topological polar surface area (TPSA) is 87.8 Å². The van der Waals surface area contributed by atoms with E-state index in [1.165, 1.54) is 8.61 Å². The Bertz CT molecular complexity index is 527. The van der Waals surface area contributed by atoms with E-state index in [1.807, 2.05) is 0 Å². The number of nitrogens with one attached hydrogen (secondary N) is 1. The third-order valence-electron chi connectivity index (χ3n) is 3.55. The highest BCUT2D eigenvalue weighted by Crippen LogP contribution is 2.27. The van der Waals surface area contributed by atoms with Crippen LogP contribution in [0.1, 0.15) is 11.7 Å². The van der Waals surface area contributed by atoms with Gasteiger partial charge < -0.3 is 9.47 Å². The van der Waals surface area contributed by atoms with Crippen LogP contribution >= 0.6 is 0 Å². The summed E-state index contributed by atoms with van der Waals surface area (Å²) in [5, 5.41) is 6.72. The molecule has 0 radical (unpaired) electrons. The fourth-order valence-electron chi connectivity index (χ4n) is 2.49. The van der Waals surface area contributed by atoms with Gasteiger partial charge in [-0.2, -0.15) is 22.1 Å². The van der Waals surface area contributed by atoms with Crippen LogP contribution in [0.15, 0.2) is 12.3 Å². The van der Waals surface area contributed by atoms with Gasteiger partial charge >= 0.3 is 0 Å². The van der Waals surface area contributed by atoms with Crippen LogP contribution in [-0.4, -0.2) is 73.3 Å². The molecule has 0 spiro atoms. The van der Waals surface area contributed by atoms with Crippen LogP contribution in [0.2, 0.25) is 0 Å². The van der Waals surface area contributed by atoms with Gasteiger partial charge in [-0.1, -0.05) is 0 Å². The van der Waals surface area contributed by atoms with Gasteiger partial charge in [0.05, 0.1) is 38.2 Å². The van der Waals surface area contributed by atoms with Gasteiger partial charge in [0.1, 0.15) is 0 Å². The molecule has 1 aromatic rings. The van der Waals surface area contributed by atoms with Crippen molar-refractivity contribution in [3.8, 4) is 0 Å². The number of H-pyrrole nitrogens is 1. The van der Waals surface area contributed by atoms with Crippen LogP contribution in [0, 0.1) is 0 Å². The minimum atomic E-state index is -3.50. The van der Waals surface area contributed by atoms with E-state index in [4.69, 9.17) is 9.47 Å². The lowest BCUT2D eigenvalue weighted by molar-refractivity contribution is 0.0224. The molecule has 0 aromatic carbocycles. The molecule has 3 rings (SSSR count). The highest BCUT2D eigenvalue weighted by atomic mass is 32.2. The molecule has 3 heterocycles. The smallest absolute Gasteiger partial charge is 0.282 e. The molecule has 2 aliphatic rings. The van der Waals surface area contributed by atoms with E-state index in [-0.39, 0.29) is 6.04 Å². The van der Waals surface area contributed by atoms with Crippen LogP contribution in [-0.2, 0) is 19.7 Å². The summed E-state index contributed by atoms with van der Waals surface area (Å²) in [5.74, 6) is 0. The lowest BCUT2D eigenvalue weighted by Crippen LogP contribution is -2.52. The van der Waals surface area contributed by atoms with Crippen molar-refractivity contribution in [3.05, 3.63) is 18.0 Å². The van der Waals surface area contributed by atoms with Gasteiger partial charge in [0, 0.05) is 25.8 Å². The first-order chi connectivity index (χ1) is 9.69. The zero-order valence-corrected chi connectivity index (χ0v) is 11.9. The normalized spacial score (nSPS) is 26.7. The van der Waals surface area contributed by atoms with E-state index < -0.39 is 10.2 Å². The van der Waals surface area contributed by atoms with Crippen molar-refractivity contribution in [2.24, 2.45) is 0 Å². The molecule has 0 amide bonds. The molecule has 0 unspecified atom stereocenters. The van der Waals surface area contributed by atoms with Crippen LogP contribution in [0.5, 0.6) is 0 Å². The fourth-order valence-corrected chi connectivity index (χ4v) is 4.20. The molecular weight excluding hydrogens is 284 g/mol. The molecule has 8 nitrogen and oxygen atoms in total. The lowest BCUT2D eigenvalue weighted by Gasteiger charge is -2.38. The van der Waals surface area contributed by atoms with Gasteiger partial charge in [0.25, 0.3) is 10.2 Å². The number of hydrogen-bond acceptors (Lipinski definition) is 5. The Balaban J connectivity index is 1.85. The lowest BCUT2D eigenvalue weighted by atomic mass is 10.2. The van der Waals surface area contributed by atoms with Gasteiger partial charge in [0.15, 0.2) is 0 Å². The summed E-state index contributed by atoms with van der Waals surface area (Å²) in [7, 11) is -3.50. The van der Waals surface area contributed by atoms with E-state index in [2.05, 4.69) is 10.2 Å². The molecule has 2 fully saturated rings. The molecule has 0 bridgehead atoms. The van der Waals surface area contributed by atoms with Crippen molar-refractivity contribution in [1.29, 1.82) is 0 Å². The Morgan fingerprint density at radius 2 is 1.95 bits per heavy atom. The van der Waals surface area contributed by atoms with Gasteiger partial charge in [-0.15, -0.1) is 0 Å². The highest BCUT2D eigenvalue weighted by Gasteiger charge is 2.38. The predicted octanol–water partition coefficient (Wildman–Crippen LogP) is -0.640. The van der Waals surface area contributed by atoms with Crippen molar-refractivity contribution in [2.45, 2.75) is 6.04 Å². The summed E-state index contributed by atoms with van der Waals surface area (Å²) in [4.78, 5) is 0. The van der Waals surface area contributed by atoms with E-state index in [0.717, 1.165) is 5.69 Å². The van der Waals surface area contributed by atoms with Crippen LogP contribution < -0.4 is 0 Å². The number of aromatic amines is 1. The Hall–Kier alpha value is -1.00. The third kappa shape index (κ3) is 2.59. The SMILES string of the molecule is O=S(=O)(N1CCOCC1)N1CCOC[C@H]1c1ccn[nH]1. The molecule has 1 N–H and O–H groups in total. The highest BCUT2D eigenvalue weighted by molar-refractivity contribution is 7.86. The number of morpholine rings is 2. The maximum absolute atomic E-state index is 12.8. The quantitative estimate of drug-likeness (QED) is 0.802. The molecule has 9 heteroatoms. The Kier molecular flexibility index (Phi) is 4.03. The third-order valence-corrected chi connectivity index (χ3v) is 5.60. The fraction of sp³-hybridized carbons (Fsp3) is 0.727. The second-order valence-electron chi connectivity index (χ2n) is 4.73. The number of nitrogens with zero attached hydrogens (tertiary/aromatic N) is 3. The minimum absolute atomic E-state index is 0.339. The molecule has 20 heavy (non-hydrogen) atoms. The Morgan fingerprint density at radius 1 is 1.20 bits per heavy atom. The van der Waals surface area contributed by atoms with Crippen molar-refractivity contribution < 1.29 is 17.9 Å². The van der Waals surface area contributed by atoms with Crippen LogP contribution in [0.4, 0.5) is 0 Å². The summed E-state index contributed by atoms with van der Waals surface area (Å²) in [5.41, 5.74) is 0.751. The molecule has 112 valence electrons. The van der Waals surface area contributed by atoms with E-state index >= 15 is 0 Å². The molecule has 0 saturated carbocycles. The standard InChI is InChI=1S/C11H18N4O4S/c16-20(17,14-3-6-18-7-4-14)15-5-8-19-9-11(15)10-1-2-12-13-10/h1-2,11H,3-9H2,(H,12,13)/t11-/m0/s1. The summed E-state index contributed by atoms with van der Waals surface area (Å²) < 4.78 is 39.1. The van der Waals surface area contributed by atoms with Gasteiger partial charge in [-0.05, 0) is 6.07 Å².